The molecule has 2 N–H and O–H groups in total. The van der Waals surface area contributed by atoms with Crippen molar-refractivity contribution < 1.29 is 21.6 Å². The second kappa shape index (κ2) is 6.01. The Morgan fingerprint density at radius 3 is 2.24 bits per heavy atom. The van der Waals surface area contributed by atoms with Gasteiger partial charge in [-0.15, -0.1) is 0 Å². The van der Waals surface area contributed by atoms with Crippen LogP contribution in [0.4, 0.5) is 0 Å². The predicted octanol–water partition coefficient (Wildman–Crippen LogP) is 0.134. The van der Waals surface area contributed by atoms with Gasteiger partial charge in [0.05, 0.1) is 6.61 Å². The summed E-state index contributed by atoms with van der Waals surface area (Å²) in [5.41, 5.74) is 0. The quantitative estimate of drug-likeness (QED) is 0.763. The highest BCUT2D eigenvalue weighted by Crippen LogP contribution is 2.33. The summed E-state index contributed by atoms with van der Waals surface area (Å²) >= 11 is 0. The molecular formula is C12H18N2O5S2. The Hall–Kier alpha value is -1.00. The van der Waals surface area contributed by atoms with Crippen molar-refractivity contribution >= 4 is 20.0 Å². The molecule has 118 valence electrons. The first-order chi connectivity index (χ1) is 9.78. The molecule has 0 aliphatic heterocycles. The van der Waals surface area contributed by atoms with Crippen LogP contribution in [0.1, 0.15) is 12.8 Å². The summed E-state index contributed by atoms with van der Waals surface area (Å²) in [6, 6.07) is 5.28. The molecule has 0 atom stereocenters. The van der Waals surface area contributed by atoms with Gasteiger partial charge in [-0.3, -0.25) is 0 Å². The number of hydrogen-bond donors (Lipinski definition) is 1. The Bertz CT molecular complexity index is 711. The summed E-state index contributed by atoms with van der Waals surface area (Å²) < 4.78 is 54.9. The number of rotatable bonds is 7. The molecule has 7 nitrogen and oxygen atoms in total. The summed E-state index contributed by atoms with van der Waals surface area (Å²) in [7, 11) is -6.56. The first-order valence-electron chi connectivity index (χ1n) is 6.41. The van der Waals surface area contributed by atoms with Crippen LogP contribution in [0.25, 0.3) is 0 Å². The maximum absolute atomic E-state index is 12.7. The lowest BCUT2D eigenvalue weighted by atomic mass is 10.4. The Kier molecular flexibility index (Phi) is 4.69. The summed E-state index contributed by atoms with van der Waals surface area (Å²) in [5, 5.41) is 5.11. The molecule has 21 heavy (non-hydrogen) atoms. The van der Waals surface area contributed by atoms with Crippen molar-refractivity contribution in [3.05, 3.63) is 24.3 Å². The third-order valence-corrected chi connectivity index (χ3v) is 6.32. The van der Waals surface area contributed by atoms with E-state index in [1.54, 1.807) is 0 Å². The van der Waals surface area contributed by atoms with E-state index in [1.165, 1.54) is 35.7 Å². The standard InChI is InChI=1S/C12H18N2O5S2/c1-19-9-8-14(10-6-7-10)21(17,18)12-5-3-2-4-11(12)20(13,15)16/h2-5,10H,6-9H2,1H3,(H2,13,15,16). The van der Waals surface area contributed by atoms with Gasteiger partial charge in [0, 0.05) is 19.7 Å². The maximum atomic E-state index is 12.7. The van der Waals surface area contributed by atoms with E-state index in [0.29, 0.717) is 0 Å². The van der Waals surface area contributed by atoms with Crippen LogP contribution >= 0.6 is 0 Å². The minimum absolute atomic E-state index is 0.0984. The normalized spacial score (nSPS) is 16.3. The van der Waals surface area contributed by atoms with E-state index in [9.17, 15) is 16.8 Å². The van der Waals surface area contributed by atoms with Crippen molar-refractivity contribution in [3.8, 4) is 0 Å². The van der Waals surface area contributed by atoms with Crippen LogP contribution in [-0.4, -0.2) is 47.4 Å². The van der Waals surface area contributed by atoms with Crippen molar-refractivity contribution in [2.24, 2.45) is 5.14 Å². The molecular weight excluding hydrogens is 316 g/mol. The van der Waals surface area contributed by atoms with Crippen LogP contribution in [-0.2, 0) is 24.8 Å². The van der Waals surface area contributed by atoms with Gasteiger partial charge in [0.15, 0.2) is 0 Å². The summed E-state index contributed by atoms with van der Waals surface area (Å²) in [4.78, 5) is -0.663. The number of benzene rings is 1. The number of nitrogens with two attached hydrogens (primary N) is 1. The fraction of sp³-hybridized carbons (Fsp3) is 0.500. The summed E-state index contributed by atoms with van der Waals surface area (Å²) in [5.74, 6) is 0. The third-order valence-electron chi connectivity index (χ3n) is 3.21. The first kappa shape index (κ1) is 16.4. The van der Waals surface area contributed by atoms with Gasteiger partial charge in [0.25, 0.3) is 0 Å². The Labute approximate surface area is 124 Å². The zero-order chi connectivity index (χ0) is 15.7. The fourth-order valence-corrected chi connectivity index (χ4v) is 5.09. The molecule has 9 heteroatoms. The van der Waals surface area contributed by atoms with Gasteiger partial charge < -0.3 is 4.74 Å². The molecule has 0 radical (unpaired) electrons. The lowest BCUT2D eigenvalue weighted by molar-refractivity contribution is 0.177. The zero-order valence-electron chi connectivity index (χ0n) is 11.6. The average molecular weight is 334 g/mol. The zero-order valence-corrected chi connectivity index (χ0v) is 13.2. The second-order valence-electron chi connectivity index (χ2n) is 4.83. The second-order valence-corrected chi connectivity index (χ2v) is 8.22. The molecule has 1 aliphatic rings. The van der Waals surface area contributed by atoms with E-state index in [4.69, 9.17) is 9.88 Å². The van der Waals surface area contributed by atoms with Crippen LogP contribution in [0.5, 0.6) is 0 Å². The minimum Gasteiger partial charge on any atom is -0.383 e. The average Bonchev–Trinajstić information content (AvgIpc) is 3.22. The van der Waals surface area contributed by atoms with Crippen molar-refractivity contribution in [1.29, 1.82) is 0 Å². The molecule has 0 amide bonds. The molecule has 1 aromatic carbocycles. The molecule has 0 saturated heterocycles. The van der Waals surface area contributed by atoms with Gasteiger partial charge in [0.1, 0.15) is 9.79 Å². The number of methoxy groups -OCH3 is 1. The molecule has 0 aromatic heterocycles. The highest BCUT2D eigenvalue weighted by Gasteiger charge is 2.39. The van der Waals surface area contributed by atoms with E-state index in [2.05, 4.69) is 0 Å². The van der Waals surface area contributed by atoms with E-state index < -0.39 is 20.0 Å². The molecule has 0 heterocycles. The minimum atomic E-state index is -4.11. The van der Waals surface area contributed by atoms with Crippen molar-refractivity contribution in [2.45, 2.75) is 28.7 Å². The Morgan fingerprint density at radius 1 is 1.19 bits per heavy atom. The van der Waals surface area contributed by atoms with Gasteiger partial charge in [0.2, 0.25) is 20.0 Å². The predicted molar refractivity (Wildman–Crippen MR) is 76.6 cm³/mol. The van der Waals surface area contributed by atoms with Crippen LogP contribution in [0.2, 0.25) is 0 Å². The monoisotopic (exact) mass is 334 g/mol. The smallest absolute Gasteiger partial charge is 0.244 e. The number of ether oxygens (including phenoxy) is 1. The maximum Gasteiger partial charge on any atom is 0.244 e. The Balaban J connectivity index is 2.48. The number of hydrogen-bond acceptors (Lipinski definition) is 5. The van der Waals surface area contributed by atoms with Gasteiger partial charge >= 0.3 is 0 Å². The number of nitrogens with zero attached hydrogens (tertiary/aromatic N) is 1. The van der Waals surface area contributed by atoms with Crippen molar-refractivity contribution in [1.82, 2.24) is 4.31 Å². The SMILES string of the molecule is COCCN(C1CC1)S(=O)(=O)c1ccccc1S(N)(=O)=O. The van der Waals surface area contributed by atoms with Crippen molar-refractivity contribution in [3.63, 3.8) is 0 Å². The lowest BCUT2D eigenvalue weighted by Crippen LogP contribution is -2.36. The topological polar surface area (TPSA) is 107 Å². The van der Waals surface area contributed by atoms with E-state index >= 15 is 0 Å². The number of primary sulfonamides is 1. The van der Waals surface area contributed by atoms with E-state index in [-0.39, 0.29) is 29.0 Å². The molecule has 2 rings (SSSR count). The van der Waals surface area contributed by atoms with Gasteiger partial charge in [-0.2, -0.15) is 4.31 Å². The summed E-state index contributed by atoms with van der Waals surface area (Å²) in [6.45, 7) is 0.426. The molecule has 0 bridgehead atoms. The highest BCUT2D eigenvalue weighted by molar-refractivity contribution is 7.92. The number of sulfonamides is 2. The van der Waals surface area contributed by atoms with Crippen LogP contribution in [0.15, 0.2) is 34.1 Å². The Morgan fingerprint density at radius 2 is 1.76 bits per heavy atom. The third kappa shape index (κ3) is 3.61. The molecule has 1 aliphatic carbocycles. The lowest BCUT2D eigenvalue weighted by Gasteiger charge is -2.22. The van der Waals surface area contributed by atoms with Crippen LogP contribution < -0.4 is 5.14 Å². The van der Waals surface area contributed by atoms with Crippen LogP contribution in [0.3, 0.4) is 0 Å². The largest absolute Gasteiger partial charge is 0.383 e. The highest BCUT2D eigenvalue weighted by atomic mass is 32.2. The van der Waals surface area contributed by atoms with Gasteiger partial charge in [-0.1, -0.05) is 12.1 Å². The summed E-state index contributed by atoms with van der Waals surface area (Å²) in [6.07, 6.45) is 1.53. The molecule has 0 spiro atoms. The van der Waals surface area contributed by atoms with Crippen LogP contribution in [0, 0.1) is 0 Å². The molecule has 1 aromatic rings. The van der Waals surface area contributed by atoms with Gasteiger partial charge in [-0.05, 0) is 25.0 Å². The molecule has 1 saturated carbocycles. The van der Waals surface area contributed by atoms with Gasteiger partial charge in [-0.25, -0.2) is 22.0 Å². The van der Waals surface area contributed by atoms with E-state index in [1.807, 2.05) is 0 Å². The fourth-order valence-electron chi connectivity index (χ4n) is 2.07. The van der Waals surface area contributed by atoms with E-state index in [0.717, 1.165) is 12.8 Å². The molecule has 1 fully saturated rings. The first-order valence-corrected chi connectivity index (χ1v) is 9.39. The molecule has 0 unspecified atom stereocenters. The van der Waals surface area contributed by atoms with Crippen molar-refractivity contribution in [2.75, 3.05) is 20.3 Å².